The summed E-state index contributed by atoms with van der Waals surface area (Å²) in [6, 6.07) is 5.77. The lowest BCUT2D eigenvalue weighted by molar-refractivity contribution is 0.0697. The van der Waals surface area contributed by atoms with Gasteiger partial charge in [0.2, 0.25) is 0 Å². The van der Waals surface area contributed by atoms with Gasteiger partial charge in [0.1, 0.15) is 0 Å². The molecule has 0 bridgehead atoms. The van der Waals surface area contributed by atoms with Crippen LogP contribution in [0.3, 0.4) is 0 Å². The summed E-state index contributed by atoms with van der Waals surface area (Å²) in [7, 11) is 1.64. The van der Waals surface area contributed by atoms with Crippen molar-refractivity contribution in [2.75, 3.05) is 7.05 Å². The van der Waals surface area contributed by atoms with Crippen LogP contribution in [0.4, 0.5) is 4.79 Å². The summed E-state index contributed by atoms with van der Waals surface area (Å²) in [5.41, 5.74) is 1.06. The van der Waals surface area contributed by atoms with Crippen molar-refractivity contribution in [1.29, 1.82) is 0 Å². The molecule has 0 heterocycles. The normalized spacial score (nSPS) is 11.2. The summed E-state index contributed by atoms with van der Waals surface area (Å²) in [6.07, 6.45) is 5.18. The molecule has 100 valence electrons. The van der Waals surface area contributed by atoms with Gasteiger partial charge >= 0.3 is 12.0 Å². The van der Waals surface area contributed by atoms with E-state index in [-0.39, 0.29) is 17.6 Å². The molecule has 0 radical (unpaired) electrons. The number of nitrogens with zero attached hydrogens (tertiary/aromatic N) is 1. The number of hydrogen-bond acceptors (Lipinski definition) is 2. The van der Waals surface area contributed by atoms with Gasteiger partial charge in [-0.3, -0.25) is 0 Å². The van der Waals surface area contributed by atoms with Gasteiger partial charge in [-0.1, -0.05) is 18.1 Å². The third-order valence-corrected chi connectivity index (χ3v) is 2.56. The first-order valence-corrected chi connectivity index (χ1v) is 5.74. The molecule has 0 fully saturated rings. The number of urea groups is 1. The Bertz CT molecular complexity index is 502. The van der Waals surface area contributed by atoms with Crippen LogP contribution in [0.25, 0.3) is 0 Å². The number of terminal acetylenes is 1. The van der Waals surface area contributed by atoms with Gasteiger partial charge in [-0.25, -0.2) is 9.59 Å². The largest absolute Gasteiger partial charge is 0.478 e. The smallest absolute Gasteiger partial charge is 0.335 e. The summed E-state index contributed by atoms with van der Waals surface area (Å²) >= 11 is 0. The fourth-order valence-electron chi connectivity index (χ4n) is 1.44. The molecule has 2 amide bonds. The standard InChI is InChI=1S/C14H16N2O3/c1-4-10(2)15-14(19)16(3)9-11-5-7-12(8-6-11)13(17)18/h1,5-8,10H,9H2,2-3H3,(H,15,19)(H,17,18). The number of hydrogen-bond donors (Lipinski definition) is 2. The van der Waals surface area contributed by atoms with Crippen molar-refractivity contribution < 1.29 is 14.7 Å². The second-order valence-corrected chi connectivity index (χ2v) is 4.20. The molecule has 0 aliphatic carbocycles. The number of rotatable bonds is 4. The Kier molecular flexibility index (Phi) is 4.95. The van der Waals surface area contributed by atoms with Crippen LogP contribution in [0.5, 0.6) is 0 Å². The lowest BCUT2D eigenvalue weighted by Gasteiger charge is -2.19. The number of aromatic carboxylic acids is 1. The maximum atomic E-state index is 11.7. The Morgan fingerprint density at radius 3 is 2.47 bits per heavy atom. The summed E-state index contributed by atoms with van der Waals surface area (Å²) < 4.78 is 0. The average molecular weight is 260 g/mol. The minimum absolute atomic E-state index is 0.219. The van der Waals surface area contributed by atoms with Crippen molar-refractivity contribution in [1.82, 2.24) is 10.2 Å². The predicted octanol–water partition coefficient (Wildman–Crippen LogP) is 1.55. The van der Waals surface area contributed by atoms with Crippen LogP contribution in [0.2, 0.25) is 0 Å². The first-order valence-electron chi connectivity index (χ1n) is 5.74. The Balaban J connectivity index is 2.62. The molecule has 2 N–H and O–H groups in total. The average Bonchev–Trinajstić information content (AvgIpc) is 2.38. The van der Waals surface area contributed by atoms with E-state index in [0.717, 1.165) is 5.56 Å². The maximum Gasteiger partial charge on any atom is 0.335 e. The van der Waals surface area contributed by atoms with Crippen LogP contribution in [0.1, 0.15) is 22.8 Å². The van der Waals surface area contributed by atoms with Crippen molar-refractivity contribution in [3.8, 4) is 12.3 Å². The van der Waals surface area contributed by atoms with Gasteiger partial charge in [-0.15, -0.1) is 6.42 Å². The molecule has 1 unspecified atom stereocenters. The highest BCUT2D eigenvalue weighted by atomic mass is 16.4. The van der Waals surface area contributed by atoms with Gasteiger partial charge in [0.15, 0.2) is 0 Å². The molecule has 0 saturated heterocycles. The molecular weight excluding hydrogens is 244 g/mol. The Labute approximate surface area is 112 Å². The molecule has 5 nitrogen and oxygen atoms in total. The fraction of sp³-hybridized carbons (Fsp3) is 0.286. The highest BCUT2D eigenvalue weighted by Gasteiger charge is 2.11. The molecule has 0 aromatic heterocycles. The molecule has 0 saturated carbocycles. The van der Waals surface area contributed by atoms with Crippen molar-refractivity contribution in [2.24, 2.45) is 0 Å². The number of carbonyl (C=O) groups excluding carboxylic acids is 1. The quantitative estimate of drug-likeness (QED) is 0.807. The van der Waals surface area contributed by atoms with Crippen molar-refractivity contribution in [3.05, 3.63) is 35.4 Å². The van der Waals surface area contributed by atoms with Gasteiger partial charge in [0.25, 0.3) is 0 Å². The summed E-state index contributed by atoms with van der Waals surface area (Å²) in [4.78, 5) is 23.9. The van der Waals surface area contributed by atoms with Gasteiger partial charge in [0.05, 0.1) is 11.6 Å². The van der Waals surface area contributed by atoms with Crippen LogP contribution in [-0.2, 0) is 6.54 Å². The molecule has 1 atom stereocenters. The number of nitrogens with one attached hydrogen (secondary N) is 1. The zero-order valence-electron chi connectivity index (χ0n) is 10.9. The van der Waals surface area contributed by atoms with Crippen molar-refractivity contribution in [3.63, 3.8) is 0 Å². The molecule has 0 spiro atoms. The van der Waals surface area contributed by atoms with Gasteiger partial charge in [-0.05, 0) is 24.6 Å². The van der Waals surface area contributed by atoms with E-state index < -0.39 is 5.97 Å². The summed E-state index contributed by atoms with van der Waals surface area (Å²) in [5.74, 6) is 1.44. The predicted molar refractivity (Wildman–Crippen MR) is 71.7 cm³/mol. The first-order chi connectivity index (χ1) is 8.93. The summed E-state index contributed by atoms with van der Waals surface area (Å²) in [6.45, 7) is 2.09. The topological polar surface area (TPSA) is 69.6 Å². The number of amides is 2. The zero-order valence-corrected chi connectivity index (χ0v) is 10.9. The molecule has 5 heteroatoms. The molecule has 0 aliphatic rings. The number of carbonyl (C=O) groups is 2. The van der Waals surface area contributed by atoms with E-state index in [2.05, 4.69) is 11.2 Å². The van der Waals surface area contributed by atoms with Crippen LogP contribution >= 0.6 is 0 Å². The Morgan fingerprint density at radius 2 is 2.00 bits per heavy atom. The van der Waals surface area contributed by atoms with Crippen LogP contribution in [0.15, 0.2) is 24.3 Å². The summed E-state index contributed by atoms with van der Waals surface area (Å²) in [5, 5.41) is 11.4. The van der Waals surface area contributed by atoms with Gasteiger partial charge < -0.3 is 15.3 Å². The number of carboxylic acids is 1. The first kappa shape index (κ1) is 14.6. The minimum atomic E-state index is -0.972. The maximum absolute atomic E-state index is 11.7. The Morgan fingerprint density at radius 1 is 1.42 bits per heavy atom. The van der Waals surface area contributed by atoms with Gasteiger partial charge in [-0.2, -0.15) is 0 Å². The SMILES string of the molecule is C#CC(C)NC(=O)N(C)Cc1ccc(C(=O)O)cc1. The van der Waals surface area contributed by atoms with E-state index in [0.29, 0.717) is 6.54 Å². The minimum Gasteiger partial charge on any atom is -0.478 e. The Hall–Kier alpha value is -2.48. The molecule has 1 rings (SSSR count). The fourth-order valence-corrected chi connectivity index (χ4v) is 1.44. The highest BCUT2D eigenvalue weighted by molar-refractivity contribution is 5.87. The number of benzene rings is 1. The van der Waals surface area contributed by atoms with Crippen molar-refractivity contribution >= 4 is 12.0 Å². The number of carboxylic acid groups (broad SMARTS) is 1. The third-order valence-electron chi connectivity index (χ3n) is 2.56. The van der Waals surface area contributed by atoms with E-state index in [4.69, 9.17) is 11.5 Å². The second kappa shape index (κ2) is 6.45. The lowest BCUT2D eigenvalue weighted by Crippen LogP contribution is -2.40. The van der Waals surface area contributed by atoms with E-state index in [1.165, 1.54) is 17.0 Å². The molecule has 19 heavy (non-hydrogen) atoms. The van der Waals surface area contributed by atoms with E-state index in [1.807, 2.05) is 0 Å². The monoisotopic (exact) mass is 260 g/mol. The van der Waals surface area contributed by atoms with Crippen LogP contribution in [-0.4, -0.2) is 35.1 Å². The highest BCUT2D eigenvalue weighted by Crippen LogP contribution is 2.07. The van der Waals surface area contributed by atoms with Crippen LogP contribution < -0.4 is 5.32 Å². The van der Waals surface area contributed by atoms with E-state index >= 15 is 0 Å². The second-order valence-electron chi connectivity index (χ2n) is 4.20. The van der Waals surface area contributed by atoms with E-state index in [1.54, 1.807) is 26.1 Å². The molecule has 0 aliphatic heterocycles. The molecule has 1 aromatic carbocycles. The third kappa shape index (κ3) is 4.36. The van der Waals surface area contributed by atoms with Gasteiger partial charge in [0, 0.05) is 13.6 Å². The van der Waals surface area contributed by atoms with Crippen molar-refractivity contribution in [2.45, 2.75) is 19.5 Å². The molecular formula is C14H16N2O3. The van der Waals surface area contributed by atoms with Crippen LogP contribution in [0, 0.1) is 12.3 Å². The lowest BCUT2D eigenvalue weighted by atomic mass is 10.1. The molecule has 1 aromatic rings. The zero-order chi connectivity index (χ0) is 14.4. The van der Waals surface area contributed by atoms with E-state index in [9.17, 15) is 9.59 Å².